The van der Waals surface area contributed by atoms with Gasteiger partial charge in [0.2, 0.25) is 11.2 Å². The summed E-state index contributed by atoms with van der Waals surface area (Å²) in [5.41, 5.74) is 0.387. The predicted octanol–water partition coefficient (Wildman–Crippen LogP) is 1.12. The Labute approximate surface area is 157 Å². The molecule has 0 fully saturated rings. The molecule has 8 nitrogen and oxygen atoms in total. The molecule has 0 atom stereocenters. The molecule has 10 heteroatoms. The topological polar surface area (TPSA) is 82.1 Å². The number of fused-ring (bicyclic) bond motifs is 1. The number of carbonyl (C=O) groups is 1. The van der Waals surface area contributed by atoms with Crippen molar-refractivity contribution in [3.8, 4) is 0 Å². The van der Waals surface area contributed by atoms with Gasteiger partial charge in [0, 0.05) is 26.0 Å². The maximum absolute atomic E-state index is 12.6. The highest BCUT2D eigenvalue weighted by Gasteiger charge is 2.21. The van der Waals surface area contributed by atoms with Gasteiger partial charge >= 0.3 is 5.69 Å². The van der Waals surface area contributed by atoms with Crippen LogP contribution < -0.4 is 11.2 Å². The number of halogens is 1. The van der Waals surface area contributed by atoms with Crippen molar-refractivity contribution in [2.24, 2.45) is 14.1 Å². The highest BCUT2D eigenvalue weighted by Crippen LogP contribution is 2.19. The molecule has 0 N–H and O–H groups in total. The van der Waals surface area contributed by atoms with Gasteiger partial charge in [-0.05, 0) is 35.5 Å². The van der Waals surface area contributed by atoms with Crippen molar-refractivity contribution >= 4 is 40.0 Å². The number of hydrogen-bond donors (Lipinski definition) is 0. The molecule has 138 valence electrons. The van der Waals surface area contributed by atoms with Crippen LogP contribution in [0.3, 0.4) is 0 Å². The molecule has 3 aromatic rings. The van der Waals surface area contributed by atoms with Crippen molar-refractivity contribution in [2.45, 2.75) is 20.0 Å². The van der Waals surface area contributed by atoms with E-state index in [9.17, 15) is 14.4 Å². The Morgan fingerprint density at radius 1 is 1.31 bits per heavy atom. The quantitative estimate of drug-likeness (QED) is 0.620. The third-order valence-electron chi connectivity index (χ3n) is 4.37. The Balaban J connectivity index is 1.97. The number of aromatic nitrogens is 4. The lowest BCUT2D eigenvalue weighted by molar-refractivity contribution is -0.130. The first-order valence-electron chi connectivity index (χ1n) is 7.81. The largest absolute Gasteiger partial charge is 0.339 e. The fourth-order valence-corrected chi connectivity index (χ4v) is 3.87. The molecule has 0 bridgehead atoms. The number of aryl methyl sites for hydroxylation is 2. The van der Waals surface area contributed by atoms with Crippen molar-refractivity contribution in [1.82, 2.24) is 23.6 Å². The van der Waals surface area contributed by atoms with E-state index in [1.54, 1.807) is 23.3 Å². The van der Waals surface area contributed by atoms with E-state index in [2.05, 4.69) is 4.98 Å². The SMILES string of the molecule is Cc1ccsc1CN(C)C(=O)Cn1c(Cl)nc2c1c(=O)n(C)c(=O)n2C. The highest BCUT2D eigenvalue weighted by atomic mass is 35.5. The lowest BCUT2D eigenvalue weighted by atomic mass is 10.3. The Morgan fingerprint density at radius 2 is 2.00 bits per heavy atom. The maximum Gasteiger partial charge on any atom is 0.332 e. The number of thiophene rings is 1. The second-order valence-corrected chi connectivity index (χ2v) is 7.46. The average molecular weight is 396 g/mol. The van der Waals surface area contributed by atoms with Gasteiger partial charge in [-0.3, -0.25) is 23.3 Å². The zero-order valence-electron chi connectivity index (χ0n) is 14.8. The Kier molecular flexibility index (Phi) is 4.76. The smallest absolute Gasteiger partial charge is 0.332 e. The van der Waals surface area contributed by atoms with Crippen LogP contribution in [0.2, 0.25) is 5.28 Å². The first-order valence-corrected chi connectivity index (χ1v) is 9.06. The van der Waals surface area contributed by atoms with E-state index in [0.717, 1.165) is 15.0 Å². The Hall–Kier alpha value is -2.39. The number of amides is 1. The first kappa shape index (κ1) is 18.4. The van der Waals surface area contributed by atoms with E-state index in [1.807, 2.05) is 18.4 Å². The number of carbonyl (C=O) groups excluding carboxylic acids is 1. The standard InChI is InChI=1S/C16H18ClN5O3S/c1-9-5-6-26-10(9)7-19(2)11(23)8-22-12-13(18-15(22)17)20(3)16(25)21(4)14(12)24/h5-6H,7-8H2,1-4H3. The van der Waals surface area contributed by atoms with Gasteiger partial charge in [0.05, 0.1) is 6.54 Å². The van der Waals surface area contributed by atoms with E-state index in [1.165, 1.54) is 23.2 Å². The fourth-order valence-electron chi connectivity index (χ4n) is 2.69. The van der Waals surface area contributed by atoms with Gasteiger partial charge in [0.15, 0.2) is 11.2 Å². The monoisotopic (exact) mass is 395 g/mol. The van der Waals surface area contributed by atoms with Gasteiger partial charge in [-0.2, -0.15) is 4.98 Å². The summed E-state index contributed by atoms with van der Waals surface area (Å²) in [5.74, 6) is -0.213. The highest BCUT2D eigenvalue weighted by molar-refractivity contribution is 7.10. The second kappa shape index (κ2) is 6.73. The summed E-state index contributed by atoms with van der Waals surface area (Å²) in [6.45, 7) is 2.33. The summed E-state index contributed by atoms with van der Waals surface area (Å²) in [7, 11) is 4.58. The number of hydrogen-bond acceptors (Lipinski definition) is 5. The molecule has 3 rings (SSSR count). The van der Waals surface area contributed by atoms with Gasteiger partial charge in [-0.25, -0.2) is 4.79 Å². The molecule has 3 aromatic heterocycles. The molecule has 0 unspecified atom stereocenters. The van der Waals surface area contributed by atoms with E-state index >= 15 is 0 Å². The molecule has 3 heterocycles. The number of likely N-dealkylation sites (N-methyl/N-ethyl adjacent to an activating group) is 1. The lowest BCUT2D eigenvalue weighted by Gasteiger charge is -2.17. The molecule has 1 amide bonds. The van der Waals surface area contributed by atoms with Gasteiger partial charge in [0.1, 0.15) is 6.54 Å². The Morgan fingerprint density at radius 3 is 2.62 bits per heavy atom. The van der Waals surface area contributed by atoms with Crippen molar-refractivity contribution in [2.75, 3.05) is 7.05 Å². The molecule has 0 saturated heterocycles. The van der Waals surface area contributed by atoms with Crippen LogP contribution in [0.5, 0.6) is 0 Å². The third-order valence-corrected chi connectivity index (χ3v) is 5.67. The molecule has 26 heavy (non-hydrogen) atoms. The predicted molar refractivity (Wildman–Crippen MR) is 101 cm³/mol. The molecule has 0 saturated carbocycles. The number of nitrogens with zero attached hydrogens (tertiary/aromatic N) is 5. The molecule has 0 radical (unpaired) electrons. The maximum atomic E-state index is 12.6. The van der Waals surface area contributed by atoms with Crippen molar-refractivity contribution < 1.29 is 4.79 Å². The van der Waals surface area contributed by atoms with Crippen LogP contribution in [0, 0.1) is 6.92 Å². The summed E-state index contributed by atoms with van der Waals surface area (Å²) in [6, 6.07) is 2.00. The van der Waals surface area contributed by atoms with Crippen LogP contribution in [-0.2, 0) is 32.0 Å². The van der Waals surface area contributed by atoms with Crippen molar-refractivity contribution in [1.29, 1.82) is 0 Å². The van der Waals surface area contributed by atoms with Crippen LogP contribution in [-0.4, -0.2) is 36.5 Å². The van der Waals surface area contributed by atoms with E-state index in [4.69, 9.17) is 11.6 Å². The summed E-state index contributed by atoms with van der Waals surface area (Å²) >= 11 is 7.74. The molecule has 0 spiro atoms. The molecule has 0 aliphatic rings. The summed E-state index contributed by atoms with van der Waals surface area (Å²) in [6.07, 6.45) is 0. The summed E-state index contributed by atoms with van der Waals surface area (Å²) in [5, 5.41) is 1.97. The summed E-state index contributed by atoms with van der Waals surface area (Å²) < 4.78 is 3.56. The molecule has 0 aromatic carbocycles. The summed E-state index contributed by atoms with van der Waals surface area (Å²) in [4.78, 5) is 43.9. The van der Waals surface area contributed by atoms with Gasteiger partial charge < -0.3 is 4.90 Å². The van der Waals surface area contributed by atoms with Crippen molar-refractivity contribution in [3.05, 3.63) is 48.0 Å². The minimum absolute atomic E-state index is 0.00708. The average Bonchev–Trinajstić information content (AvgIpc) is 3.15. The van der Waals surface area contributed by atoms with Crippen molar-refractivity contribution in [3.63, 3.8) is 0 Å². The normalized spacial score (nSPS) is 11.3. The zero-order valence-corrected chi connectivity index (χ0v) is 16.4. The third kappa shape index (κ3) is 2.97. The van der Waals surface area contributed by atoms with Gasteiger partial charge in [-0.1, -0.05) is 0 Å². The first-order chi connectivity index (χ1) is 12.2. The van der Waals surface area contributed by atoms with Gasteiger partial charge in [-0.15, -0.1) is 11.3 Å². The minimum atomic E-state index is -0.535. The van der Waals surface area contributed by atoms with Crippen LogP contribution in [0.25, 0.3) is 11.2 Å². The fraction of sp³-hybridized carbons (Fsp3) is 0.375. The molecular formula is C16H18ClN5O3S. The molecular weight excluding hydrogens is 378 g/mol. The van der Waals surface area contributed by atoms with Crippen LogP contribution in [0.4, 0.5) is 0 Å². The van der Waals surface area contributed by atoms with Gasteiger partial charge in [0.25, 0.3) is 5.56 Å². The van der Waals surface area contributed by atoms with Crippen LogP contribution in [0.1, 0.15) is 10.4 Å². The van der Waals surface area contributed by atoms with E-state index < -0.39 is 11.2 Å². The minimum Gasteiger partial charge on any atom is -0.339 e. The molecule has 0 aliphatic heterocycles. The number of imidazole rings is 1. The lowest BCUT2D eigenvalue weighted by Crippen LogP contribution is -2.38. The van der Waals surface area contributed by atoms with E-state index in [0.29, 0.717) is 6.54 Å². The second-order valence-electron chi connectivity index (χ2n) is 6.12. The zero-order chi connectivity index (χ0) is 19.2. The molecule has 0 aliphatic carbocycles. The van der Waals surface area contributed by atoms with Crippen LogP contribution >= 0.6 is 22.9 Å². The Bertz CT molecular complexity index is 1120. The van der Waals surface area contributed by atoms with E-state index in [-0.39, 0.29) is 28.9 Å². The van der Waals surface area contributed by atoms with Crippen LogP contribution in [0.15, 0.2) is 21.0 Å². The number of rotatable bonds is 4.